The number of nitrogens with zero attached hydrogens (tertiary/aromatic N) is 2. The fraction of sp³-hybridized carbons (Fsp3) is 0. The van der Waals surface area contributed by atoms with Crippen molar-refractivity contribution in [1.29, 1.82) is 0 Å². The Kier molecular flexibility index (Phi) is 6.38. The van der Waals surface area contributed by atoms with Crippen LogP contribution in [0.1, 0.15) is 5.56 Å². The Morgan fingerprint density at radius 1 is 1.00 bits per heavy atom. The number of aliphatic hydroxyl groups is 1. The predicted octanol–water partition coefficient (Wildman–Crippen LogP) is 5.84. The maximum atomic E-state index is 10.9. The van der Waals surface area contributed by atoms with Gasteiger partial charge >= 0.3 is 0 Å². The molecule has 3 N–H and O–H groups in total. The molecule has 0 aliphatic rings. The van der Waals surface area contributed by atoms with Crippen LogP contribution in [0.3, 0.4) is 0 Å². The molecular weight excluding hydrogens is 428 g/mol. The Hall–Kier alpha value is -4.24. The molecular formula is C23H18N4O4S. The minimum absolute atomic E-state index is 0.00802. The molecule has 0 fully saturated rings. The Balaban J connectivity index is 1.57. The van der Waals surface area contributed by atoms with E-state index in [2.05, 4.69) is 15.8 Å². The maximum absolute atomic E-state index is 10.9. The van der Waals surface area contributed by atoms with E-state index in [4.69, 9.17) is 4.42 Å². The molecule has 32 heavy (non-hydrogen) atoms. The highest BCUT2D eigenvalue weighted by Gasteiger charge is 2.14. The van der Waals surface area contributed by atoms with Gasteiger partial charge in [-0.2, -0.15) is 0 Å². The lowest BCUT2D eigenvalue weighted by Gasteiger charge is -2.14. The van der Waals surface area contributed by atoms with Gasteiger partial charge in [-0.25, -0.2) is 0 Å². The number of aromatic nitrogens is 1. The van der Waals surface area contributed by atoms with Crippen molar-refractivity contribution >= 4 is 28.9 Å². The second-order valence-corrected chi connectivity index (χ2v) is 7.57. The van der Waals surface area contributed by atoms with Crippen molar-refractivity contribution in [3.63, 3.8) is 0 Å². The molecule has 0 radical (unpaired) electrons. The second kappa shape index (κ2) is 9.71. The monoisotopic (exact) mass is 446 g/mol. The number of thioether (sulfide) groups is 1. The lowest BCUT2D eigenvalue weighted by molar-refractivity contribution is -0.384. The van der Waals surface area contributed by atoms with Crippen molar-refractivity contribution < 1.29 is 14.4 Å². The van der Waals surface area contributed by atoms with Gasteiger partial charge in [0.2, 0.25) is 0 Å². The van der Waals surface area contributed by atoms with Crippen LogP contribution in [0.2, 0.25) is 0 Å². The van der Waals surface area contributed by atoms with E-state index in [0.29, 0.717) is 27.1 Å². The summed E-state index contributed by atoms with van der Waals surface area (Å²) in [7, 11) is 0. The average molecular weight is 446 g/mol. The van der Waals surface area contributed by atoms with Crippen molar-refractivity contribution in [1.82, 2.24) is 10.4 Å². The van der Waals surface area contributed by atoms with Crippen molar-refractivity contribution in [2.24, 2.45) is 0 Å². The minimum atomic E-state index is -0.462. The van der Waals surface area contributed by atoms with Gasteiger partial charge in [0.1, 0.15) is 10.8 Å². The molecule has 0 aliphatic carbocycles. The van der Waals surface area contributed by atoms with Crippen LogP contribution in [0, 0.1) is 10.1 Å². The number of hydrazine groups is 1. The molecule has 0 saturated heterocycles. The molecule has 0 bridgehead atoms. The number of furan rings is 1. The summed E-state index contributed by atoms with van der Waals surface area (Å²) in [6, 6.07) is 22.4. The Morgan fingerprint density at radius 3 is 2.47 bits per heavy atom. The summed E-state index contributed by atoms with van der Waals surface area (Å²) in [4.78, 5) is 14.5. The van der Waals surface area contributed by atoms with Gasteiger partial charge in [-0.05, 0) is 48.2 Å². The molecule has 0 saturated carbocycles. The zero-order valence-electron chi connectivity index (χ0n) is 16.6. The molecule has 4 rings (SSSR count). The highest BCUT2D eigenvalue weighted by atomic mass is 32.2. The number of aliphatic hydroxyl groups excluding tert-OH is 1. The summed E-state index contributed by atoms with van der Waals surface area (Å²) in [6.45, 7) is 0. The summed E-state index contributed by atoms with van der Waals surface area (Å²) >= 11 is 1.20. The summed E-state index contributed by atoms with van der Waals surface area (Å²) < 4.78 is 5.92. The van der Waals surface area contributed by atoms with E-state index in [9.17, 15) is 15.2 Å². The Morgan fingerprint density at radius 2 is 1.78 bits per heavy atom. The first kappa shape index (κ1) is 21.0. The number of anilines is 1. The molecule has 2 aromatic heterocycles. The average Bonchev–Trinajstić information content (AvgIpc) is 3.31. The third-order valence-electron chi connectivity index (χ3n) is 4.39. The highest BCUT2D eigenvalue weighted by Crippen LogP contribution is 2.34. The van der Waals surface area contributed by atoms with Crippen LogP contribution in [0.4, 0.5) is 11.4 Å². The molecule has 0 spiro atoms. The van der Waals surface area contributed by atoms with Crippen LogP contribution < -0.4 is 10.9 Å². The van der Waals surface area contributed by atoms with E-state index < -0.39 is 4.92 Å². The molecule has 4 aromatic rings. The third kappa shape index (κ3) is 5.08. The Bertz CT molecular complexity index is 1230. The van der Waals surface area contributed by atoms with Crippen molar-refractivity contribution in [3.05, 3.63) is 112 Å². The first-order valence-electron chi connectivity index (χ1n) is 9.53. The van der Waals surface area contributed by atoms with Crippen LogP contribution in [0.15, 0.2) is 106 Å². The fourth-order valence-electron chi connectivity index (χ4n) is 2.79. The van der Waals surface area contributed by atoms with Crippen LogP contribution in [-0.2, 0) is 0 Å². The second-order valence-electron chi connectivity index (χ2n) is 6.56. The molecule has 8 nitrogen and oxygen atoms in total. The number of benzene rings is 2. The zero-order valence-corrected chi connectivity index (χ0v) is 17.5. The largest absolute Gasteiger partial charge is 0.505 e. The molecule has 2 heterocycles. The molecule has 0 unspecified atom stereocenters. The third-order valence-corrected chi connectivity index (χ3v) is 5.31. The summed E-state index contributed by atoms with van der Waals surface area (Å²) in [5.41, 5.74) is 7.98. The van der Waals surface area contributed by atoms with Crippen LogP contribution >= 0.6 is 11.8 Å². The number of hydrogen-bond acceptors (Lipinski definition) is 8. The van der Waals surface area contributed by atoms with E-state index >= 15 is 0 Å². The van der Waals surface area contributed by atoms with E-state index in [1.165, 1.54) is 23.9 Å². The minimum Gasteiger partial charge on any atom is -0.505 e. The number of nitro benzene ring substituents is 1. The standard InChI is InChI=1S/C23H18N4O4S/c28-22(16-5-2-1-3-6-16)23(26-25-18-8-10-19(11-9-18)27(29)30)32-21-13-12-20(31-21)17-7-4-14-24-15-17/h1-15,25-26,28H/b23-22-. The van der Waals surface area contributed by atoms with E-state index in [1.807, 2.05) is 36.4 Å². The van der Waals surface area contributed by atoms with Crippen molar-refractivity contribution in [2.75, 3.05) is 5.43 Å². The van der Waals surface area contributed by atoms with Gasteiger partial charge in [-0.15, -0.1) is 0 Å². The maximum Gasteiger partial charge on any atom is 0.269 e. The van der Waals surface area contributed by atoms with Crippen LogP contribution in [-0.4, -0.2) is 15.0 Å². The van der Waals surface area contributed by atoms with Gasteiger partial charge in [-0.1, -0.05) is 30.3 Å². The topological polar surface area (TPSA) is 113 Å². The number of nitrogens with one attached hydrogen (secondary N) is 2. The smallest absolute Gasteiger partial charge is 0.269 e. The summed E-state index contributed by atoms with van der Waals surface area (Å²) in [5.74, 6) is 0.673. The zero-order chi connectivity index (χ0) is 22.3. The summed E-state index contributed by atoms with van der Waals surface area (Å²) in [6.07, 6.45) is 3.40. The SMILES string of the molecule is O=[N+]([O-])c1ccc(NN/C(Sc2ccc(-c3cccnc3)o2)=C(/O)c2ccccc2)cc1. The predicted molar refractivity (Wildman–Crippen MR) is 124 cm³/mol. The molecule has 9 heteroatoms. The quantitative estimate of drug-likeness (QED) is 0.134. The lowest BCUT2D eigenvalue weighted by atomic mass is 10.2. The van der Waals surface area contributed by atoms with Gasteiger partial charge in [0.15, 0.2) is 10.9 Å². The molecule has 0 amide bonds. The number of non-ortho nitro benzene ring substituents is 1. The number of pyridine rings is 1. The number of nitro groups is 1. The van der Waals surface area contributed by atoms with Crippen molar-refractivity contribution in [2.45, 2.75) is 5.09 Å². The highest BCUT2D eigenvalue weighted by molar-refractivity contribution is 8.03. The lowest BCUT2D eigenvalue weighted by Crippen LogP contribution is -2.20. The Labute approximate surface area is 187 Å². The summed E-state index contributed by atoms with van der Waals surface area (Å²) in [5, 5.41) is 22.7. The normalized spacial score (nSPS) is 11.5. The first-order valence-corrected chi connectivity index (χ1v) is 10.3. The van der Waals surface area contributed by atoms with E-state index in [-0.39, 0.29) is 11.4 Å². The number of rotatable bonds is 8. The molecule has 2 aromatic carbocycles. The van der Waals surface area contributed by atoms with Gasteiger partial charge in [0, 0.05) is 35.7 Å². The number of hydrogen-bond donors (Lipinski definition) is 3. The van der Waals surface area contributed by atoms with Gasteiger partial charge in [0.25, 0.3) is 5.69 Å². The van der Waals surface area contributed by atoms with Gasteiger partial charge < -0.3 is 14.9 Å². The fourth-order valence-corrected chi connectivity index (χ4v) is 3.58. The van der Waals surface area contributed by atoms with E-state index in [0.717, 1.165) is 5.56 Å². The van der Waals surface area contributed by atoms with Gasteiger partial charge in [0.05, 0.1) is 10.6 Å². The first-order chi connectivity index (χ1) is 15.6. The van der Waals surface area contributed by atoms with Crippen LogP contribution in [0.25, 0.3) is 17.1 Å². The van der Waals surface area contributed by atoms with Crippen molar-refractivity contribution in [3.8, 4) is 11.3 Å². The molecule has 0 aliphatic heterocycles. The van der Waals surface area contributed by atoms with Crippen LogP contribution in [0.5, 0.6) is 0 Å². The van der Waals surface area contributed by atoms with E-state index in [1.54, 1.807) is 42.7 Å². The molecule has 160 valence electrons. The molecule has 0 atom stereocenters. The van der Waals surface area contributed by atoms with Gasteiger partial charge in [-0.3, -0.25) is 20.5 Å².